The van der Waals surface area contributed by atoms with Gasteiger partial charge in [-0.3, -0.25) is 5.10 Å². The highest BCUT2D eigenvalue weighted by molar-refractivity contribution is 5.90. The second kappa shape index (κ2) is 7.46. The molecule has 1 fully saturated rings. The van der Waals surface area contributed by atoms with Crippen LogP contribution in [0.4, 0.5) is 10.5 Å². The maximum atomic E-state index is 12.3. The minimum absolute atomic E-state index is 0.00857. The number of anilines is 1. The first kappa shape index (κ1) is 16.5. The minimum atomic E-state index is -0.221. The predicted octanol–water partition coefficient (Wildman–Crippen LogP) is 1.92. The van der Waals surface area contributed by atoms with Gasteiger partial charge in [-0.15, -0.1) is 0 Å². The molecular weight excluding hydrogens is 306 g/mol. The largest absolute Gasteiger partial charge is 0.375 e. The van der Waals surface area contributed by atoms with Crippen LogP contribution in [-0.2, 0) is 4.74 Å². The third kappa shape index (κ3) is 3.93. The van der Waals surface area contributed by atoms with Gasteiger partial charge >= 0.3 is 6.03 Å². The van der Waals surface area contributed by atoms with Crippen molar-refractivity contribution >= 4 is 11.7 Å². The molecule has 7 heteroatoms. The van der Waals surface area contributed by atoms with Gasteiger partial charge in [0.25, 0.3) is 0 Å². The smallest absolute Gasteiger partial charge is 0.319 e. The predicted molar refractivity (Wildman–Crippen MR) is 92.9 cm³/mol. The molecule has 3 rings (SSSR count). The third-order valence-corrected chi connectivity index (χ3v) is 4.08. The number of likely N-dealkylation sites (tertiary alicyclic amines) is 1. The van der Waals surface area contributed by atoms with Crippen LogP contribution in [0.2, 0.25) is 0 Å². The quantitative estimate of drug-likeness (QED) is 0.783. The first-order valence-electron chi connectivity index (χ1n) is 8.13. The SMILES string of the molecule is CCO[C@@H]1CN(C)C[C@H]1NC(=O)Nc1cccc(-c2ccn[nH]2)c1. The van der Waals surface area contributed by atoms with Crippen molar-refractivity contribution < 1.29 is 9.53 Å². The molecule has 0 radical (unpaired) electrons. The molecule has 3 N–H and O–H groups in total. The number of ether oxygens (including phenoxy) is 1. The van der Waals surface area contributed by atoms with Crippen molar-refractivity contribution in [1.82, 2.24) is 20.4 Å². The summed E-state index contributed by atoms with van der Waals surface area (Å²) in [5.41, 5.74) is 2.62. The lowest BCUT2D eigenvalue weighted by molar-refractivity contribution is 0.0568. The zero-order chi connectivity index (χ0) is 16.9. The van der Waals surface area contributed by atoms with Gasteiger partial charge in [0.1, 0.15) is 0 Å². The molecule has 2 aromatic rings. The van der Waals surface area contributed by atoms with Gasteiger partial charge in [-0.05, 0) is 32.2 Å². The lowest BCUT2D eigenvalue weighted by atomic mass is 10.1. The molecule has 2 heterocycles. The van der Waals surface area contributed by atoms with E-state index in [1.807, 2.05) is 44.3 Å². The number of carbonyl (C=O) groups excluding carboxylic acids is 1. The summed E-state index contributed by atoms with van der Waals surface area (Å²) >= 11 is 0. The molecule has 1 aliphatic rings. The standard InChI is InChI=1S/C17H23N5O2/c1-3-24-16-11-22(2)10-15(16)20-17(23)19-13-6-4-5-12(9-13)14-7-8-18-21-14/h4-9,15-16H,3,10-11H2,1-2H3,(H,18,21)(H2,19,20,23)/t15-,16-/m1/s1. The van der Waals surface area contributed by atoms with Crippen molar-refractivity contribution in [2.75, 3.05) is 32.1 Å². The summed E-state index contributed by atoms with van der Waals surface area (Å²) in [6, 6.07) is 9.30. The van der Waals surface area contributed by atoms with E-state index in [0.717, 1.165) is 30.0 Å². The lowest BCUT2D eigenvalue weighted by Gasteiger charge is -2.20. The second-order valence-corrected chi connectivity index (χ2v) is 5.97. The maximum absolute atomic E-state index is 12.3. The Morgan fingerprint density at radius 3 is 3.04 bits per heavy atom. The fourth-order valence-electron chi connectivity index (χ4n) is 3.00. The number of hydrogen-bond acceptors (Lipinski definition) is 4. The zero-order valence-corrected chi connectivity index (χ0v) is 14.0. The summed E-state index contributed by atoms with van der Waals surface area (Å²) in [6.07, 6.45) is 1.73. The van der Waals surface area contributed by atoms with E-state index in [0.29, 0.717) is 6.61 Å². The van der Waals surface area contributed by atoms with E-state index in [4.69, 9.17) is 4.74 Å². The molecule has 1 aliphatic heterocycles. The van der Waals surface area contributed by atoms with Gasteiger partial charge in [-0.2, -0.15) is 5.10 Å². The molecular formula is C17H23N5O2. The fraction of sp³-hybridized carbons (Fsp3) is 0.412. The number of aromatic nitrogens is 2. The van der Waals surface area contributed by atoms with E-state index in [-0.39, 0.29) is 18.2 Å². The number of H-pyrrole nitrogens is 1. The molecule has 2 atom stereocenters. The monoisotopic (exact) mass is 329 g/mol. The summed E-state index contributed by atoms with van der Waals surface area (Å²) in [5.74, 6) is 0. The van der Waals surface area contributed by atoms with Gasteiger partial charge in [0.2, 0.25) is 0 Å². The summed E-state index contributed by atoms with van der Waals surface area (Å²) in [7, 11) is 2.03. The minimum Gasteiger partial charge on any atom is -0.375 e. The molecule has 24 heavy (non-hydrogen) atoms. The van der Waals surface area contributed by atoms with Crippen molar-refractivity contribution in [3.8, 4) is 11.3 Å². The fourth-order valence-corrected chi connectivity index (χ4v) is 3.00. The van der Waals surface area contributed by atoms with Crippen molar-refractivity contribution in [1.29, 1.82) is 0 Å². The van der Waals surface area contributed by atoms with E-state index in [1.54, 1.807) is 6.20 Å². The van der Waals surface area contributed by atoms with Gasteiger partial charge in [0.15, 0.2) is 0 Å². The van der Waals surface area contributed by atoms with E-state index in [2.05, 4.69) is 25.7 Å². The Morgan fingerprint density at radius 1 is 1.42 bits per heavy atom. The van der Waals surface area contributed by atoms with Crippen LogP contribution in [0.5, 0.6) is 0 Å². The third-order valence-electron chi connectivity index (χ3n) is 4.08. The molecule has 0 spiro atoms. The molecule has 0 aliphatic carbocycles. The topological polar surface area (TPSA) is 82.3 Å². The Labute approximate surface area is 141 Å². The second-order valence-electron chi connectivity index (χ2n) is 5.97. The molecule has 1 aromatic heterocycles. The van der Waals surface area contributed by atoms with E-state index in [1.165, 1.54) is 0 Å². The van der Waals surface area contributed by atoms with Crippen LogP contribution in [0.1, 0.15) is 6.92 Å². The number of likely N-dealkylation sites (N-methyl/N-ethyl adjacent to an activating group) is 1. The van der Waals surface area contributed by atoms with Crippen LogP contribution >= 0.6 is 0 Å². The van der Waals surface area contributed by atoms with Crippen LogP contribution in [-0.4, -0.2) is 60.0 Å². The van der Waals surface area contributed by atoms with Gasteiger partial charge in [-0.1, -0.05) is 12.1 Å². The maximum Gasteiger partial charge on any atom is 0.319 e. The van der Waals surface area contributed by atoms with Gasteiger partial charge < -0.3 is 20.3 Å². The summed E-state index contributed by atoms with van der Waals surface area (Å²) in [5, 5.41) is 12.8. The highest BCUT2D eigenvalue weighted by Gasteiger charge is 2.32. The first-order valence-corrected chi connectivity index (χ1v) is 8.13. The Morgan fingerprint density at radius 2 is 2.29 bits per heavy atom. The van der Waals surface area contributed by atoms with Crippen LogP contribution in [0.25, 0.3) is 11.3 Å². The summed E-state index contributed by atoms with van der Waals surface area (Å²) in [4.78, 5) is 14.5. The Balaban J connectivity index is 1.62. The summed E-state index contributed by atoms with van der Waals surface area (Å²) < 4.78 is 5.71. The molecule has 0 unspecified atom stereocenters. The average molecular weight is 329 g/mol. The van der Waals surface area contributed by atoms with Crippen molar-refractivity contribution in [2.24, 2.45) is 0 Å². The number of carbonyl (C=O) groups is 1. The van der Waals surface area contributed by atoms with Crippen molar-refractivity contribution in [3.63, 3.8) is 0 Å². The van der Waals surface area contributed by atoms with Crippen LogP contribution in [0.15, 0.2) is 36.5 Å². The summed E-state index contributed by atoms with van der Waals surface area (Å²) in [6.45, 7) is 4.22. The molecule has 0 bridgehead atoms. The van der Waals surface area contributed by atoms with Gasteiger partial charge in [0.05, 0.1) is 17.8 Å². The molecule has 1 saturated heterocycles. The lowest BCUT2D eigenvalue weighted by Crippen LogP contribution is -2.45. The number of hydrogen-bond donors (Lipinski definition) is 3. The Bertz CT molecular complexity index is 673. The van der Waals surface area contributed by atoms with E-state index >= 15 is 0 Å². The van der Waals surface area contributed by atoms with Crippen LogP contribution in [0, 0.1) is 0 Å². The number of benzene rings is 1. The Kier molecular flexibility index (Phi) is 5.12. The van der Waals surface area contributed by atoms with Gasteiger partial charge in [0, 0.05) is 37.1 Å². The number of aromatic amines is 1. The zero-order valence-electron chi connectivity index (χ0n) is 14.0. The molecule has 128 valence electrons. The number of amides is 2. The number of nitrogens with one attached hydrogen (secondary N) is 3. The van der Waals surface area contributed by atoms with Gasteiger partial charge in [-0.25, -0.2) is 4.79 Å². The first-order chi connectivity index (χ1) is 11.7. The number of urea groups is 1. The highest BCUT2D eigenvalue weighted by Crippen LogP contribution is 2.20. The van der Waals surface area contributed by atoms with Crippen molar-refractivity contribution in [3.05, 3.63) is 36.5 Å². The van der Waals surface area contributed by atoms with Crippen LogP contribution in [0.3, 0.4) is 0 Å². The average Bonchev–Trinajstić information content (AvgIpc) is 3.18. The molecule has 0 saturated carbocycles. The molecule has 2 amide bonds. The Hall–Kier alpha value is -2.38. The van der Waals surface area contributed by atoms with E-state index in [9.17, 15) is 4.79 Å². The number of nitrogens with zero attached hydrogens (tertiary/aromatic N) is 2. The highest BCUT2D eigenvalue weighted by atomic mass is 16.5. The molecule has 7 nitrogen and oxygen atoms in total. The van der Waals surface area contributed by atoms with E-state index < -0.39 is 0 Å². The van der Waals surface area contributed by atoms with Crippen LogP contribution < -0.4 is 10.6 Å². The molecule has 1 aromatic carbocycles. The van der Waals surface area contributed by atoms with Crippen molar-refractivity contribution in [2.45, 2.75) is 19.1 Å². The normalized spacial score (nSPS) is 20.9. The number of rotatable bonds is 5.